The summed E-state index contributed by atoms with van der Waals surface area (Å²) in [5.41, 5.74) is 0.429. The fourth-order valence-electron chi connectivity index (χ4n) is 6.06. The number of carbonyl (C=O) groups is 2. The van der Waals surface area contributed by atoms with Crippen LogP contribution in [0.1, 0.15) is 74.5 Å². The van der Waals surface area contributed by atoms with Crippen LogP contribution < -0.4 is 19.1 Å². The average molecular weight is 654 g/mol. The van der Waals surface area contributed by atoms with E-state index in [1.165, 1.54) is 25.3 Å². The van der Waals surface area contributed by atoms with Gasteiger partial charge in [0, 0.05) is 28.2 Å². The van der Waals surface area contributed by atoms with Gasteiger partial charge in [-0.3, -0.25) is 14.5 Å². The largest absolute Gasteiger partial charge is 0.495 e. The fourth-order valence-corrected chi connectivity index (χ4v) is 8.02. The first kappa shape index (κ1) is 32.8. The summed E-state index contributed by atoms with van der Waals surface area (Å²) in [7, 11) is -3.21. The highest BCUT2D eigenvalue weighted by molar-refractivity contribution is 7.93. The quantitative estimate of drug-likeness (QED) is 0.306. The lowest BCUT2D eigenvalue weighted by Gasteiger charge is -2.27. The van der Waals surface area contributed by atoms with Crippen molar-refractivity contribution in [1.82, 2.24) is 10.2 Å². The standard InChI is InChI=1S/C34H40ClN3O6S/c1-7-44-24-12-14-28-26(20-24)34(5,25-18-22(10-13-27(25)35)21-37-16-8-9-17-37)32(40)38(28)45(41,42)30-15-11-23(19-29(30)43-6)31(39)36-33(2,3)4/h10-15,18-20H,7-9,16-17,21H2,1-6H3,(H,36,39). The summed E-state index contributed by atoms with van der Waals surface area (Å²) in [6, 6.07) is 14.6. The van der Waals surface area contributed by atoms with E-state index in [0.717, 1.165) is 35.8 Å². The topological polar surface area (TPSA) is 105 Å². The molecule has 9 nitrogen and oxygen atoms in total. The lowest BCUT2D eigenvalue weighted by Crippen LogP contribution is -2.42. The maximum Gasteiger partial charge on any atom is 0.274 e. The number of nitrogens with zero attached hydrogens (tertiary/aromatic N) is 2. The smallest absolute Gasteiger partial charge is 0.274 e. The van der Waals surface area contributed by atoms with Gasteiger partial charge in [-0.25, -0.2) is 12.7 Å². The van der Waals surface area contributed by atoms with Crippen LogP contribution in [0, 0.1) is 0 Å². The van der Waals surface area contributed by atoms with E-state index in [9.17, 15) is 18.0 Å². The zero-order valence-electron chi connectivity index (χ0n) is 26.6. The maximum absolute atomic E-state index is 14.6. The molecule has 3 aromatic carbocycles. The normalized spacial score (nSPS) is 18.6. The summed E-state index contributed by atoms with van der Waals surface area (Å²) >= 11 is 6.81. The number of likely N-dealkylation sites (tertiary alicyclic amines) is 1. The first-order valence-corrected chi connectivity index (χ1v) is 16.9. The highest BCUT2D eigenvalue weighted by atomic mass is 35.5. The molecule has 2 amide bonds. The number of anilines is 1. The molecule has 2 aliphatic heterocycles. The Morgan fingerprint density at radius 3 is 2.38 bits per heavy atom. The monoisotopic (exact) mass is 653 g/mol. The third kappa shape index (κ3) is 6.15. The van der Waals surface area contributed by atoms with Gasteiger partial charge in [0.05, 0.1) is 19.4 Å². The zero-order chi connectivity index (χ0) is 32.7. The van der Waals surface area contributed by atoms with Gasteiger partial charge in [-0.1, -0.05) is 23.7 Å². The van der Waals surface area contributed by atoms with Gasteiger partial charge in [0.15, 0.2) is 0 Å². The molecule has 5 rings (SSSR count). The van der Waals surface area contributed by atoms with Crippen molar-refractivity contribution >= 4 is 39.1 Å². The third-order valence-electron chi connectivity index (χ3n) is 8.26. The van der Waals surface area contributed by atoms with Crippen LogP contribution in [0.5, 0.6) is 11.5 Å². The van der Waals surface area contributed by atoms with Gasteiger partial charge in [-0.15, -0.1) is 0 Å². The van der Waals surface area contributed by atoms with E-state index in [1.54, 1.807) is 31.2 Å². The van der Waals surface area contributed by atoms with E-state index in [-0.39, 0.29) is 27.8 Å². The number of carbonyl (C=O) groups excluding carboxylic acids is 2. The minimum absolute atomic E-state index is 0.0592. The van der Waals surface area contributed by atoms with Gasteiger partial charge in [-0.05, 0) is 114 Å². The maximum atomic E-state index is 14.6. The van der Waals surface area contributed by atoms with E-state index in [2.05, 4.69) is 10.2 Å². The summed E-state index contributed by atoms with van der Waals surface area (Å²) in [5, 5.41) is 3.22. The molecule has 1 fully saturated rings. The molecule has 3 aromatic rings. The van der Waals surface area contributed by atoms with Crippen molar-refractivity contribution in [3.63, 3.8) is 0 Å². The van der Waals surface area contributed by atoms with E-state index in [4.69, 9.17) is 21.1 Å². The van der Waals surface area contributed by atoms with Crippen molar-refractivity contribution in [2.75, 3.05) is 31.1 Å². The number of hydrogen-bond acceptors (Lipinski definition) is 7. The minimum atomic E-state index is -4.53. The Morgan fingerprint density at radius 1 is 1.02 bits per heavy atom. The first-order valence-electron chi connectivity index (χ1n) is 15.1. The van der Waals surface area contributed by atoms with E-state index < -0.39 is 26.9 Å². The summed E-state index contributed by atoms with van der Waals surface area (Å²) < 4.78 is 41.0. The Balaban J connectivity index is 1.63. The Morgan fingerprint density at radius 2 is 1.73 bits per heavy atom. The van der Waals surface area contributed by atoms with Crippen LogP contribution in [0.2, 0.25) is 5.02 Å². The van der Waals surface area contributed by atoms with Crippen LogP contribution in [0.25, 0.3) is 0 Å². The van der Waals surface area contributed by atoms with Gasteiger partial charge in [0.1, 0.15) is 21.8 Å². The Kier molecular flexibility index (Phi) is 8.96. The second-order valence-electron chi connectivity index (χ2n) is 12.7. The van der Waals surface area contributed by atoms with Crippen LogP contribution in [-0.4, -0.2) is 57.5 Å². The number of fused-ring (bicyclic) bond motifs is 1. The van der Waals surface area contributed by atoms with E-state index in [1.807, 2.05) is 39.8 Å². The predicted octanol–water partition coefficient (Wildman–Crippen LogP) is 5.91. The summed E-state index contributed by atoms with van der Waals surface area (Å²) in [6.07, 6.45) is 2.28. The molecule has 1 unspecified atom stereocenters. The number of sulfonamides is 1. The third-order valence-corrected chi connectivity index (χ3v) is 10.3. The van der Waals surface area contributed by atoms with Crippen molar-refractivity contribution < 1.29 is 27.5 Å². The van der Waals surface area contributed by atoms with Crippen LogP contribution >= 0.6 is 11.6 Å². The Hall–Kier alpha value is -3.60. The fraction of sp³-hybridized carbons (Fsp3) is 0.412. The number of amides is 2. The van der Waals surface area contributed by atoms with Crippen LogP contribution in [0.15, 0.2) is 59.5 Å². The number of rotatable bonds is 9. The molecule has 0 radical (unpaired) electrons. The Bertz CT molecular complexity index is 1750. The van der Waals surface area contributed by atoms with Gasteiger partial charge in [0.2, 0.25) is 0 Å². The van der Waals surface area contributed by atoms with E-state index in [0.29, 0.717) is 35.1 Å². The zero-order valence-corrected chi connectivity index (χ0v) is 28.1. The first-order chi connectivity index (χ1) is 21.2. The molecule has 0 saturated carbocycles. The van der Waals surface area contributed by atoms with Crippen LogP contribution in [0.3, 0.4) is 0 Å². The summed E-state index contributed by atoms with van der Waals surface area (Å²) in [5.74, 6) is -0.614. The number of benzene rings is 3. The molecule has 0 aliphatic carbocycles. The molecular weight excluding hydrogens is 614 g/mol. The average Bonchev–Trinajstić information content (AvgIpc) is 3.57. The number of ether oxygens (including phenoxy) is 2. The highest BCUT2D eigenvalue weighted by Crippen LogP contribution is 2.51. The Labute approximate surface area is 270 Å². The predicted molar refractivity (Wildman–Crippen MR) is 175 cm³/mol. The lowest BCUT2D eigenvalue weighted by molar-refractivity contribution is -0.120. The van der Waals surface area contributed by atoms with Crippen LogP contribution in [-0.2, 0) is 26.8 Å². The molecule has 11 heteroatoms. The van der Waals surface area contributed by atoms with Crippen molar-refractivity contribution in [1.29, 1.82) is 0 Å². The van der Waals surface area contributed by atoms with Crippen molar-refractivity contribution in [2.45, 2.75) is 69.9 Å². The molecule has 45 heavy (non-hydrogen) atoms. The molecular formula is C34H40ClN3O6S. The molecule has 1 atom stereocenters. The van der Waals surface area contributed by atoms with E-state index >= 15 is 0 Å². The van der Waals surface area contributed by atoms with Gasteiger partial charge in [-0.2, -0.15) is 0 Å². The molecule has 0 bridgehead atoms. The minimum Gasteiger partial charge on any atom is -0.495 e. The van der Waals surface area contributed by atoms with Crippen LogP contribution in [0.4, 0.5) is 5.69 Å². The molecule has 2 heterocycles. The number of nitrogens with one attached hydrogen (secondary N) is 1. The molecule has 1 saturated heterocycles. The van der Waals surface area contributed by atoms with Crippen molar-refractivity contribution in [2.24, 2.45) is 0 Å². The van der Waals surface area contributed by atoms with Gasteiger partial charge < -0.3 is 14.8 Å². The van der Waals surface area contributed by atoms with Crippen molar-refractivity contribution in [3.05, 3.63) is 81.9 Å². The number of methoxy groups -OCH3 is 1. The second-order valence-corrected chi connectivity index (χ2v) is 14.8. The van der Waals surface area contributed by atoms with Crippen molar-refractivity contribution in [3.8, 4) is 11.5 Å². The molecule has 2 aliphatic rings. The van der Waals surface area contributed by atoms with Gasteiger partial charge in [0.25, 0.3) is 21.8 Å². The lowest BCUT2D eigenvalue weighted by atomic mass is 9.76. The number of hydrogen-bond donors (Lipinski definition) is 1. The number of halogens is 1. The second kappa shape index (κ2) is 12.3. The summed E-state index contributed by atoms with van der Waals surface area (Å²) in [6.45, 7) is 12.2. The molecule has 0 aromatic heterocycles. The van der Waals surface area contributed by atoms with Gasteiger partial charge >= 0.3 is 0 Å². The molecule has 0 spiro atoms. The molecule has 240 valence electrons. The SMILES string of the molecule is CCOc1ccc2c(c1)C(C)(c1cc(CN3CCCC3)ccc1Cl)C(=O)N2S(=O)(=O)c1ccc(C(=O)NC(C)(C)C)cc1OC. The summed E-state index contributed by atoms with van der Waals surface area (Å²) in [4.78, 5) is 29.6. The highest BCUT2D eigenvalue weighted by Gasteiger charge is 2.54. The molecule has 1 N–H and O–H groups in total.